The van der Waals surface area contributed by atoms with E-state index in [4.69, 9.17) is 0 Å². The van der Waals surface area contributed by atoms with E-state index >= 15 is 0 Å². The summed E-state index contributed by atoms with van der Waals surface area (Å²) >= 11 is 0. The average Bonchev–Trinajstić information content (AvgIpc) is 3.18. The van der Waals surface area contributed by atoms with E-state index in [-0.39, 0.29) is 11.6 Å². The topological polar surface area (TPSA) is 81.7 Å². The lowest BCUT2D eigenvalue weighted by atomic mass is 9.97. The standard InChI is InChI=1S/C48H60N2O2/c1-3-5-7-9-11-13-15-17-19-21-47(51)43-27-23-39(24-28-43)35-45(37-49)41-31-33-42(34-32-41)46(38-50)36-40-25-29-44(30-26-40)48(52)22-20-18-16-14-12-10-8-6-4-2/h23-36H,3-22H2,1-2H3. The van der Waals surface area contributed by atoms with Crippen molar-refractivity contribution >= 4 is 34.9 Å². The molecule has 0 aliphatic rings. The van der Waals surface area contributed by atoms with Gasteiger partial charge in [0.05, 0.1) is 23.3 Å². The fourth-order valence-corrected chi connectivity index (χ4v) is 6.53. The summed E-state index contributed by atoms with van der Waals surface area (Å²) in [5, 5.41) is 19.9. The molecule has 0 amide bonds. The van der Waals surface area contributed by atoms with Crippen molar-refractivity contribution in [3.63, 3.8) is 0 Å². The Labute approximate surface area is 314 Å². The van der Waals surface area contributed by atoms with Crippen LogP contribution in [0.5, 0.6) is 0 Å². The molecule has 0 atom stereocenters. The Morgan fingerprint density at radius 3 is 0.981 bits per heavy atom. The summed E-state index contributed by atoms with van der Waals surface area (Å²) in [5.74, 6) is 0.342. The van der Waals surface area contributed by atoms with Crippen LogP contribution in [0.25, 0.3) is 23.3 Å². The lowest BCUT2D eigenvalue weighted by molar-refractivity contribution is 0.0971. The third-order valence-electron chi connectivity index (χ3n) is 9.85. The van der Waals surface area contributed by atoms with Gasteiger partial charge in [0.2, 0.25) is 0 Å². The molecular formula is C48H60N2O2. The van der Waals surface area contributed by atoms with Gasteiger partial charge in [-0.1, -0.05) is 189 Å². The number of nitriles is 2. The predicted octanol–water partition coefficient (Wildman–Crippen LogP) is 14.0. The van der Waals surface area contributed by atoms with Crippen molar-refractivity contribution in [3.05, 3.63) is 106 Å². The molecule has 3 aromatic carbocycles. The molecule has 3 rings (SSSR count). The van der Waals surface area contributed by atoms with Crippen LogP contribution in [0.15, 0.2) is 72.8 Å². The van der Waals surface area contributed by atoms with Gasteiger partial charge >= 0.3 is 0 Å². The summed E-state index contributed by atoms with van der Waals surface area (Å²) in [5.41, 5.74) is 5.65. The van der Waals surface area contributed by atoms with E-state index in [1.54, 1.807) is 0 Å². The molecule has 4 heteroatoms. The Morgan fingerprint density at radius 2 is 0.692 bits per heavy atom. The highest BCUT2D eigenvalue weighted by Gasteiger charge is 2.09. The van der Waals surface area contributed by atoms with Crippen molar-refractivity contribution in [2.24, 2.45) is 0 Å². The molecule has 0 bridgehead atoms. The van der Waals surface area contributed by atoms with Gasteiger partial charge in [-0.15, -0.1) is 0 Å². The van der Waals surface area contributed by atoms with E-state index in [2.05, 4.69) is 26.0 Å². The molecule has 0 saturated carbocycles. The molecule has 3 aromatic rings. The normalized spacial score (nSPS) is 11.6. The van der Waals surface area contributed by atoms with Gasteiger partial charge in [0, 0.05) is 24.0 Å². The SMILES string of the molecule is CCCCCCCCCCCC(=O)c1ccc(C=C(C#N)c2ccc(C(C#N)=Cc3ccc(C(=O)CCCCCCCCCCC)cc3)cc2)cc1. The molecule has 0 aliphatic carbocycles. The number of Topliss-reactive ketones (excluding diaryl/α,β-unsaturated/α-hetero) is 2. The van der Waals surface area contributed by atoms with Crippen LogP contribution in [0.2, 0.25) is 0 Å². The fourth-order valence-electron chi connectivity index (χ4n) is 6.53. The summed E-state index contributed by atoms with van der Waals surface area (Å²) in [6.45, 7) is 4.48. The van der Waals surface area contributed by atoms with E-state index in [1.807, 2.05) is 84.9 Å². The number of carbonyl (C=O) groups is 2. The molecule has 0 heterocycles. The third-order valence-corrected chi connectivity index (χ3v) is 9.85. The van der Waals surface area contributed by atoms with Gasteiger partial charge in [-0.05, 0) is 47.2 Å². The molecular weight excluding hydrogens is 637 g/mol. The van der Waals surface area contributed by atoms with Crippen LogP contribution in [0.4, 0.5) is 0 Å². The summed E-state index contributed by atoms with van der Waals surface area (Å²) in [4.78, 5) is 25.4. The minimum absolute atomic E-state index is 0.171. The van der Waals surface area contributed by atoms with Crippen LogP contribution in [0.1, 0.15) is 185 Å². The summed E-state index contributed by atoms with van der Waals surface area (Å²) in [7, 11) is 0. The van der Waals surface area contributed by atoms with Gasteiger partial charge in [0.15, 0.2) is 11.6 Å². The Bertz CT molecular complexity index is 1510. The van der Waals surface area contributed by atoms with Crippen molar-refractivity contribution in [2.75, 3.05) is 0 Å². The highest BCUT2D eigenvalue weighted by molar-refractivity contribution is 5.98. The Hall–Kier alpha value is -4.54. The number of unbranched alkanes of at least 4 members (excludes halogenated alkanes) is 16. The van der Waals surface area contributed by atoms with Gasteiger partial charge in [-0.25, -0.2) is 0 Å². The number of rotatable bonds is 26. The monoisotopic (exact) mass is 696 g/mol. The summed E-state index contributed by atoms with van der Waals surface area (Å²) < 4.78 is 0. The first-order valence-corrected chi connectivity index (χ1v) is 20.1. The minimum atomic E-state index is 0.171. The second-order valence-electron chi connectivity index (χ2n) is 14.2. The molecule has 0 spiro atoms. The highest BCUT2D eigenvalue weighted by Crippen LogP contribution is 2.24. The third kappa shape index (κ3) is 15.8. The second-order valence-corrected chi connectivity index (χ2v) is 14.2. The zero-order valence-electron chi connectivity index (χ0n) is 31.9. The molecule has 0 fully saturated rings. The van der Waals surface area contributed by atoms with Gasteiger partial charge in [0.1, 0.15) is 0 Å². The van der Waals surface area contributed by atoms with Crippen LogP contribution >= 0.6 is 0 Å². The number of hydrogen-bond acceptors (Lipinski definition) is 4. The number of benzene rings is 3. The molecule has 0 N–H and O–H groups in total. The van der Waals surface area contributed by atoms with Gasteiger partial charge < -0.3 is 0 Å². The zero-order valence-corrected chi connectivity index (χ0v) is 31.9. The quantitative estimate of drug-likeness (QED) is 0.0362. The molecule has 0 aliphatic heterocycles. The second kappa shape index (κ2) is 25.4. The van der Waals surface area contributed by atoms with Crippen LogP contribution in [-0.4, -0.2) is 11.6 Å². The molecule has 4 nitrogen and oxygen atoms in total. The van der Waals surface area contributed by atoms with Crippen LogP contribution in [-0.2, 0) is 0 Å². The maximum absolute atomic E-state index is 12.7. The smallest absolute Gasteiger partial charge is 0.162 e. The number of ketones is 2. The lowest BCUT2D eigenvalue weighted by Gasteiger charge is -2.05. The zero-order chi connectivity index (χ0) is 37.2. The Balaban J connectivity index is 1.49. The Morgan fingerprint density at radius 1 is 0.423 bits per heavy atom. The highest BCUT2D eigenvalue weighted by atomic mass is 16.1. The maximum Gasteiger partial charge on any atom is 0.162 e. The van der Waals surface area contributed by atoms with Gasteiger partial charge in [-0.3, -0.25) is 9.59 Å². The van der Waals surface area contributed by atoms with E-state index in [0.29, 0.717) is 35.1 Å². The first-order valence-electron chi connectivity index (χ1n) is 20.1. The summed E-state index contributed by atoms with van der Waals surface area (Å²) in [6, 6.07) is 27.0. The van der Waals surface area contributed by atoms with Crippen LogP contribution in [0.3, 0.4) is 0 Å². The number of hydrogen-bond donors (Lipinski definition) is 0. The van der Waals surface area contributed by atoms with Crippen LogP contribution in [0, 0.1) is 22.7 Å². The molecule has 0 aromatic heterocycles. The van der Waals surface area contributed by atoms with Crippen molar-refractivity contribution in [2.45, 2.75) is 142 Å². The molecule has 0 radical (unpaired) electrons. The lowest BCUT2D eigenvalue weighted by Crippen LogP contribution is -1.98. The van der Waals surface area contributed by atoms with Gasteiger partial charge in [-0.2, -0.15) is 10.5 Å². The van der Waals surface area contributed by atoms with Crippen molar-refractivity contribution in [3.8, 4) is 12.1 Å². The Kier molecular flexibility index (Phi) is 20.5. The maximum atomic E-state index is 12.7. The van der Waals surface area contributed by atoms with E-state index < -0.39 is 0 Å². The number of nitrogens with zero attached hydrogens (tertiary/aromatic N) is 2. The van der Waals surface area contributed by atoms with Crippen molar-refractivity contribution in [1.82, 2.24) is 0 Å². The van der Waals surface area contributed by atoms with E-state index in [9.17, 15) is 20.1 Å². The molecule has 0 saturated heterocycles. The average molecular weight is 697 g/mol. The van der Waals surface area contributed by atoms with Gasteiger partial charge in [0.25, 0.3) is 0 Å². The van der Waals surface area contributed by atoms with Crippen LogP contribution < -0.4 is 0 Å². The fraction of sp³-hybridized carbons (Fsp3) is 0.458. The molecule has 0 unspecified atom stereocenters. The van der Waals surface area contributed by atoms with E-state index in [1.165, 1.54) is 89.9 Å². The minimum Gasteiger partial charge on any atom is -0.294 e. The first-order chi connectivity index (χ1) is 25.5. The number of allylic oxidation sites excluding steroid dienone is 2. The summed E-state index contributed by atoms with van der Waals surface area (Å²) in [6.07, 6.45) is 26.9. The van der Waals surface area contributed by atoms with Crippen molar-refractivity contribution in [1.29, 1.82) is 10.5 Å². The largest absolute Gasteiger partial charge is 0.294 e. The van der Waals surface area contributed by atoms with Crippen molar-refractivity contribution < 1.29 is 9.59 Å². The molecule has 274 valence electrons. The number of carbonyl (C=O) groups excluding carboxylic acids is 2. The predicted molar refractivity (Wildman–Crippen MR) is 219 cm³/mol. The first kappa shape index (κ1) is 41.9. The van der Waals surface area contributed by atoms with E-state index in [0.717, 1.165) is 47.9 Å². The molecule has 52 heavy (non-hydrogen) atoms.